The minimum atomic E-state index is -0.689. The maximum Gasteiger partial charge on any atom is 0.295 e. The first-order valence-corrected chi connectivity index (χ1v) is 10.6. The molecule has 1 fully saturated rings. The molecule has 1 aromatic heterocycles. The first kappa shape index (κ1) is 21.3. The van der Waals surface area contributed by atoms with Gasteiger partial charge in [0, 0.05) is 24.5 Å². The van der Waals surface area contributed by atoms with Gasteiger partial charge in [0.15, 0.2) is 0 Å². The molecule has 6 heteroatoms. The van der Waals surface area contributed by atoms with Crippen molar-refractivity contribution in [1.82, 2.24) is 9.88 Å². The first-order valence-electron chi connectivity index (χ1n) is 10.6. The van der Waals surface area contributed by atoms with Gasteiger partial charge in [-0.1, -0.05) is 30.3 Å². The number of likely N-dealkylation sites (tertiary alicyclic amines) is 1. The predicted molar refractivity (Wildman–Crippen MR) is 121 cm³/mol. The monoisotopic (exact) mass is 428 g/mol. The summed E-state index contributed by atoms with van der Waals surface area (Å²) in [6.45, 7) is 2.76. The van der Waals surface area contributed by atoms with Crippen LogP contribution in [0.4, 0.5) is 0 Å². The fourth-order valence-corrected chi connectivity index (χ4v) is 3.93. The summed E-state index contributed by atoms with van der Waals surface area (Å²) in [5.41, 5.74) is 2.32. The highest BCUT2D eigenvalue weighted by atomic mass is 16.5. The lowest BCUT2D eigenvalue weighted by Crippen LogP contribution is -2.31. The van der Waals surface area contributed by atoms with Crippen molar-refractivity contribution in [3.05, 3.63) is 101 Å². The van der Waals surface area contributed by atoms with Crippen LogP contribution < -0.4 is 4.74 Å². The van der Waals surface area contributed by atoms with Crippen LogP contribution in [-0.2, 0) is 16.0 Å². The second-order valence-electron chi connectivity index (χ2n) is 7.47. The van der Waals surface area contributed by atoms with E-state index in [4.69, 9.17) is 4.74 Å². The molecule has 0 bridgehead atoms. The Balaban J connectivity index is 1.73. The van der Waals surface area contributed by atoms with E-state index in [-0.39, 0.29) is 11.3 Å². The van der Waals surface area contributed by atoms with E-state index in [1.54, 1.807) is 48.8 Å². The highest BCUT2D eigenvalue weighted by Gasteiger charge is 2.45. The van der Waals surface area contributed by atoms with Crippen LogP contribution in [-0.4, -0.2) is 39.8 Å². The Kier molecular flexibility index (Phi) is 6.31. The van der Waals surface area contributed by atoms with Crippen LogP contribution in [0.5, 0.6) is 5.75 Å². The average Bonchev–Trinajstić information content (AvgIpc) is 3.09. The summed E-state index contributed by atoms with van der Waals surface area (Å²) in [6, 6.07) is 19.4. The number of carbonyl (C=O) groups is 2. The topological polar surface area (TPSA) is 79.7 Å². The lowest BCUT2D eigenvalue weighted by atomic mass is 9.96. The third kappa shape index (κ3) is 4.25. The van der Waals surface area contributed by atoms with Crippen LogP contribution in [0, 0.1) is 0 Å². The van der Waals surface area contributed by atoms with Crippen LogP contribution in [0.15, 0.2) is 84.7 Å². The summed E-state index contributed by atoms with van der Waals surface area (Å²) in [5, 5.41) is 11.1. The molecule has 3 aromatic rings. The summed E-state index contributed by atoms with van der Waals surface area (Å²) >= 11 is 0. The van der Waals surface area contributed by atoms with Gasteiger partial charge >= 0.3 is 0 Å². The van der Waals surface area contributed by atoms with Gasteiger partial charge in [0.2, 0.25) is 0 Å². The molecule has 6 nitrogen and oxygen atoms in total. The molecule has 1 atom stereocenters. The first-order chi connectivity index (χ1) is 15.6. The second-order valence-corrected chi connectivity index (χ2v) is 7.47. The van der Waals surface area contributed by atoms with Crippen LogP contribution in [0.2, 0.25) is 0 Å². The van der Waals surface area contributed by atoms with Gasteiger partial charge in [-0.2, -0.15) is 0 Å². The molecule has 2 heterocycles. The summed E-state index contributed by atoms with van der Waals surface area (Å²) in [7, 11) is 0. The zero-order chi connectivity index (χ0) is 22.5. The number of ketones is 1. The molecule has 1 aliphatic heterocycles. The van der Waals surface area contributed by atoms with Crippen molar-refractivity contribution in [2.75, 3.05) is 13.2 Å². The van der Waals surface area contributed by atoms with Gasteiger partial charge < -0.3 is 14.7 Å². The normalized spacial score (nSPS) is 17.5. The molecule has 1 aliphatic rings. The van der Waals surface area contributed by atoms with Gasteiger partial charge in [0.1, 0.15) is 11.5 Å². The van der Waals surface area contributed by atoms with Gasteiger partial charge in [0.05, 0.1) is 18.2 Å². The van der Waals surface area contributed by atoms with Crippen molar-refractivity contribution >= 4 is 17.4 Å². The van der Waals surface area contributed by atoms with Gasteiger partial charge in [-0.3, -0.25) is 14.6 Å². The van der Waals surface area contributed by atoms with Gasteiger partial charge in [-0.05, 0) is 60.9 Å². The van der Waals surface area contributed by atoms with Gasteiger partial charge in [0.25, 0.3) is 11.7 Å². The third-order valence-corrected chi connectivity index (χ3v) is 5.48. The zero-order valence-electron chi connectivity index (χ0n) is 17.8. The molecule has 4 rings (SSSR count). The van der Waals surface area contributed by atoms with Crippen molar-refractivity contribution in [2.45, 2.75) is 19.4 Å². The van der Waals surface area contributed by atoms with Crippen LogP contribution in [0.1, 0.15) is 29.7 Å². The van der Waals surface area contributed by atoms with Gasteiger partial charge in [-0.25, -0.2) is 0 Å². The van der Waals surface area contributed by atoms with Crippen LogP contribution >= 0.6 is 0 Å². The summed E-state index contributed by atoms with van der Waals surface area (Å²) in [5.74, 6) is -0.838. The number of benzene rings is 2. The fourth-order valence-electron chi connectivity index (χ4n) is 3.93. The molecule has 1 unspecified atom stereocenters. The minimum Gasteiger partial charge on any atom is -0.507 e. The lowest BCUT2D eigenvalue weighted by Gasteiger charge is -2.25. The number of aliphatic hydroxyl groups excluding tert-OH is 1. The molecule has 1 saturated heterocycles. The summed E-state index contributed by atoms with van der Waals surface area (Å²) in [4.78, 5) is 31.6. The number of hydrogen-bond acceptors (Lipinski definition) is 5. The van der Waals surface area contributed by atoms with Crippen molar-refractivity contribution < 1.29 is 19.4 Å². The highest BCUT2D eigenvalue weighted by molar-refractivity contribution is 6.46. The SMILES string of the molecule is CCOc1ccc(/C(O)=C2/C(=O)C(=O)N(CCc3ccccc3)C2c2ccncc2)cc1. The minimum absolute atomic E-state index is 0.0819. The molecule has 162 valence electrons. The van der Waals surface area contributed by atoms with Gasteiger partial charge in [-0.15, -0.1) is 0 Å². The molecule has 1 amide bonds. The number of amides is 1. The number of aromatic nitrogens is 1. The maximum absolute atomic E-state index is 13.0. The Labute approximate surface area is 186 Å². The number of Topliss-reactive ketones (excluding diaryl/α,β-unsaturated/α-hetero) is 1. The predicted octanol–water partition coefficient (Wildman–Crippen LogP) is 4.14. The largest absolute Gasteiger partial charge is 0.507 e. The average molecular weight is 428 g/mol. The Morgan fingerprint density at radius 1 is 1.00 bits per heavy atom. The number of carbonyl (C=O) groups excluding carboxylic acids is 2. The Bertz CT molecular complexity index is 1130. The highest BCUT2D eigenvalue weighted by Crippen LogP contribution is 2.39. The fraction of sp³-hybridized carbons (Fsp3) is 0.192. The second kappa shape index (κ2) is 9.47. The quantitative estimate of drug-likeness (QED) is 0.348. The molecular weight excluding hydrogens is 404 g/mol. The van der Waals surface area contributed by atoms with Crippen molar-refractivity contribution in [2.24, 2.45) is 0 Å². The number of aliphatic hydroxyl groups is 1. The van der Waals surface area contributed by atoms with E-state index < -0.39 is 17.7 Å². The molecule has 1 N–H and O–H groups in total. The van der Waals surface area contributed by atoms with E-state index >= 15 is 0 Å². The molecular formula is C26H24N2O4. The molecule has 2 aromatic carbocycles. The molecule has 0 radical (unpaired) electrons. The zero-order valence-corrected chi connectivity index (χ0v) is 17.8. The van der Waals surface area contributed by atoms with Crippen molar-refractivity contribution in [3.8, 4) is 5.75 Å². The molecule has 0 saturated carbocycles. The van der Waals surface area contributed by atoms with E-state index in [1.807, 2.05) is 37.3 Å². The number of pyridine rings is 1. The Hall–Kier alpha value is -3.93. The summed E-state index contributed by atoms with van der Waals surface area (Å²) in [6.07, 6.45) is 3.82. The maximum atomic E-state index is 13.0. The van der Waals surface area contributed by atoms with E-state index in [9.17, 15) is 14.7 Å². The van der Waals surface area contributed by atoms with E-state index in [2.05, 4.69) is 4.98 Å². The van der Waals surface area contributed by atoms with E-state index in [0.29, 0.717) is 30.9 Å². The number of nitrogens with zero attached hydrogens (tertiary/aromatic N) is 2. The van der Waals surface area contributed by atoms with E-state index in [1.165, 1.54) is 4.90 Å². The van der Waals surface area contributed by atoms with Crippen molar-refractivity contribution in [1.29, 1.82) is 0 Å². The number of rotatable bonds is 7. The lowest BCUT2D eigenvalue weighted by molar-refractivity contribution is -0.139. The van der Waals surface area contributed by atoms with Crippen molar-refractivity contribution in [3.63, 3.8) is 0 Å². The number of hydrogen-bond donors (Lipinski definition) is 1. The van der Waals surface area contributed by atoms with E-state index in [0.717, 1.165) is 11.1 Å². The number of ether oxygens (including phenoxy) is 1. The molecule has 0 aliphatic carbocycles. The Morgan fingerprint density at radius 2 is 1.69 bits per heavy atom. The molecule has 0 spiro atoms. The third-order valence-electron chi connectivity index (χ3n) is 5.48. The Morgan fingerprint density at radius 3 is 2.34 bits per heavy atom. The van der Waals surface area contributed by atoms with Crippen LogP contribution in [0.3, 0.4) is 0 Å². The summed E-state index contributed by atoms with van der Waals surface area (Å²) < 4.78 is 5.45. The molecule has 32 heavy (non-hydrogen) atoms. The standard InChI is InChI=1S/C26H24N2O4/c1-2-32-21-10-8-20(9-11-21)24(29)22-23(19-12-15-27-16-13-19)28(26(31)25(22)30)17-14-18-6-4-3-5-7-18/h3-13,15-16,23,29H,2,14,17H2,1H3/b24-22-. The van der Waals surface area contributed by atoms with Crippen LogP contribution in [0.25, 0.3) is 5.76 Å². The smallest absolute Gasteiger partial charge is 0.295 e.